The van der Waals surface area contributed by atoms with E-state index in [9.17, 15) is 4.79 Å². The van der Waals surface area contributed by atoms with E-state index in [0.717, 1.165) is 30.2 Å². The Balaban J connectivity index is 1.71. The summed E-state index contributed by atoms with van der Waals surface area (Å²) in [5.41, 5.74) is 1.83. The third-order valence-electron chi connectivity index (χ3n) is 4.20. The van der Waals surface area contributed by atoms with Crippen LogP contribution in [0.4, 0.5) is 0 Å². The highest BCUT2D eigenvalue weighted by atomic mass is 16.5. The van der Waals surface area contributed by atoms with Gasteiger partial charge in [-0.3, -0.25) is 4.79 Å². The maximum atomic E-state index is 12.5. The summed E-state index contributed by atoms with van der Waals surface area (Å²) in [5.74, 6) is 1.85. The van der Waals surface area contributed by atoms with Crippen LogP contribution < -0.4 is 0 Å². The molecule has 3 heterocycles. The van der Waals surface area contributed by atoms with Crippen molar-refractivity contribution >= 4 is 5.91 Å². The second kappa shape index (κ2) is 5.59. The first-order valence-corrected chi connectivity index (χ1v) is 7.71. The molecule has 2 aromatic heterocycles. The second-order valence-electron chi connectivity index (χ2n) is 6.36. The van der Waals surface area contributed by atoms with E-state index in [2.05, 4.69) is 14.7 Å². The van der Waals surface area contributed by atoms with Crippen LogP contribution in [0.25, 0.3) is 0 Å². The molecule has 1 atom stereocenters. The Morgan fingerprint density at radius 1 is 1.45 bits per heavy atom. The normalized spacial score (nSPS) is 18.4. The van der Waals surface area contributed by atoms with Crippen molar-refractivity contribution < 1.29 is 9.32 Å². The molecule has 0 aromatic carbocycles. The van der Waals surface area contributed by atoms with Gasteiger partial charge in [0.1, 0.15) is 5.82 Å². The average Bonchev–Trinajstić information content (AvgIpc) is 3.16. The summed E-state index contributed by atoms with van der Waals surface area (Å²) >= 11 is 0. The number of imidazole rings is 1. The Kier molecular flexibility index (Phi) is 3.76. The van der Waals surface area contributed by atoms with Crippen LogP contribution in [-0.2, 0) is 7.05 Å². The van der Waals surface area contributed by atoms with Crippen molar-refractivity contribution in [2.75, 3.05) is 13.1 Å². The topological polar surface area (TPSA) is 64.2 Å². The molecule has 1 aliphatic rings. The van der Waals surface area contributed by atoms with Gasteiger partial charge in [0.05, 0.1) is 11.4 Å². The molecule has 0 N–H and O–H groups in total. The van der Waals surface area contributed by atoms with Crippen molar-refractivity contribution in [3.05, 3.63) is 35.2 Å². The molecule has 1 fully saturated rings. The van der Waals surface area contributed by atoms with E-state index in [1.807, 2.05) is 38.9 Å². The van der Waals surface area contributed by atoms with Crippen molar-refractivity contribution in [2.45, 2.75) is 39.0 Å². The molecular formula is C16H22N4O2. The van der Waals surface area contributed by atoms with Crippen molar-refractivity contribution in [1.82, 2.24) is 19.6 Å². The molecule has 0 spiro atoms. The first-order valence-electron chi connectivity index (χ1n) is 7.71. The Bertz CT molecular complexity index is 686. The molecule has 0 aliphatic carbocycles. The van der Waals surface area contributed by atoms with Gasteiger partial charge in [-0.2, -0.15) is 0 Å². The van der Waals surface area contributed by atoms with Crippen LogP contribution >= 0.6 is 0 Å². The molecule has 1 saturated heterocycles. The van der Waals surface area contributed by atoms with E-state index in [-0.39, 0.29) is 17.7 Å². The van der Waals surface area contributed by atoms with Crippen LogP contribution in [0.1, 0.15) is 59.9 Å². The zero-order valence-electron chi connectivity index (χ0n) is 13.5. The number of carbonyl (C=O) groups is 1. The molecule has 1 aliphatic heterocycles. The molecule has 0 saturated carbocycles. The van der Waals surface area contributed by atoms with Crippen LogP contribution in [0.3, 0.4) is 0 Å². The smallest absolute Gasteiger partial charge is 0.292 e. The molecule has 6 nitrogen and oxygen atoms in total. The highest BCUT2D eigenvalue weighted by Gasteiger charge is 2.32. The summed E-state index contributed by atoms with van der Waals surface area (Å²) in [4.78, 5) is 18.9. The van der Waals surface area contributed by atoms with Gasteiger partial charge in [0.2, 0.25) is 5.76 Å². The minimum Gasteiger partial charge on any atom is -0.351 e. The quantitative estimate of drug-likeness (QED) is 0.873. The number of rotatable bonds is 3. The fraction of sp³-hybridized carbons (Fsp3) is 0.562. The van der Waals surface area contributed by atoms with Crippen molar-refractivity contribution in [1.29, 1.82) is 0 Å². The number of aryl methyl sites for hydroxylation is 2. The van der Waals surface area contributed by atoms with Gasteiger partial charge >= 0.3 is 0 Å². The predicted octanol–water partition coefficient (Wildman–Crippen LogP) is 2.47. The highest BCUT2D eigenvalue weighted by Crippen LogP contribution is 2.27. The zero-order valence-corrected chi connectivity index (χ0v) is 13.5. The maximum absolute atomic E-state index is 12.5. The van der Waals surface area contributed by atoms with Crippen LogP contribution in [0.5, 0.6) is 0 Å². The Morgan fingerprint density at radius 2 is 2.23 bits per heavy atom. The van der Waals surface area contributed by atoms with Crippen LogP contribution in [-0.4, -0.2) is 38.6 Å². The number of aromatic nitrogens is 3. The third kappa shape index (κ3) is 2.65. The number of likely N-dealkylation sites (tertiary alicyclic amines) is 1. The predicted molar refractivity (Wildman–Crippen MR) is 81.8 cm³/mol. The number of carbonyl (C=O) groups excluding carboxylic acids is 1. The molecule has 3 rings (SSSR count). The lowest BCUT2D eigenvalue weighted by Crippen LogP contribution is -2.28. The summed E-state index contributed by atoms with van der Waals surface area (Å²) in [7, 11) is 2.01. The van der Waals surface area contributed by atoms with Crippen LogP contribution in [0, 0.1) is 6.92 Å². The second-order valence-corrected chi connectivity index (χ2v) is 6.36. The largest absolute Gasteiger partial charge is 0.351 e. The van der Waals surface area contributed by atoms with Gasteiger partial charge in [-0.05, 0) is 19.3 Å². The van der Waals surface area contributed by atoms with Gasteiger partial charge in [-0.15, -0.1) is 0 Å². The molecule has 0 unspecified atom stereocenters. The molecular weight excluding hydrogens is 280 g/mol. The molecule has 6 heteroatoms. The lowest BCUT2D eigenvalue weighted by atomic mass is 10.1. The van der Waals surface area contributed by atoms with E-state index in [1.165, 1.54) is 0 Å². The van der Waals surface area contributed by atoms with Gasteiger partial charge in [0, 0.05) is 38.3 Å². The molecule has 118 valence electrons. The van der Waals surface area contributed by atoms with E-state index in [4.69, 9.17) is 4.52 Å². The van der Waals surface area contributed by atoms with Crippen LogP contribution in [0.2, 0.25) is 0 Å². The number of hydrogen-bond acceptors (Lipinski definition) is 4. The van der Waals surface area contributed by atoms with Crippen molar-refractivity contribution in [3.8, 4) is 0 Å². The number of amides is 1. The third-order valence-corrected chi connectivity index (χ3v) is 4.20. The fourth-order valence-corrected chi connectivity index (χ4v) is 2.99. The summed E-state index contributed by atoms with van der Waals surface area (Å²) in [6.45, 7) is 7.46. The summed E-state index contributed by atoms with van der Waals surface area (Å²) in [6.07, 6.45) is 2.95. The molecule has 0 bridgehead atoms. The molecule has 1 amide bonds. The Labute approximate surface area is 130 Å². The Hall–Kier alpha value is -2.11. The molecule has 22 heavy (non-hydrogen) atoms. The minimum absolute atomic E-state index is 0.0761. The first kappa shape index (κ1) is 14.8. The van der Waals surface area contributed by atoms with Gasteiger partial charge in [0.15, 0.2) is 0 Å². The lowest BCUT2D eigenvalue weighted by Gasteiger charge is -2.14. The Morgan fingerprint density at radius 3 is 2.82 bits per heavy atom. The minimum atomic E-state index is -0.0761. The van der Waals surface area contributed by atoms with Gasteiger partial charge < -0.3 is 14.0 Å². The highest BCUT2D eigenvalue weighted by molar-refractivity contribution is 5.91. The van der Waals surface area contributed by atoms with Gasteiger partial charge in [-0.25, -0.2) is 4.98 Å². The van der Waals surface area contributed by atoms with Gasteiger partial charge in [-0.1, -0.05) is 19.0 Å². The van der Waals surface area contributed by atoms with Crippen molar-refractivity contribution in [3.63, 3.8) is 0 Å². The average molecular weight is 302 g/mol. The number of hydrogen-bond donors (Lipinski definition) is 0. The summed E-state index contributed by atoms with van der Waals surface area (Å²) in [6, 6.07) is 1.76. The monoisotopic (exact) mass is 302 g/mol. The SMILES string of the molecule is Cc1cn(C)c([C@H]2CCN(C(=O)c3cc(C(C)C)no3)C2)n1. The van der Waals surface area contributed by atoms with Gasteiger partial charge in [0.25, 0.3) is 5.91 Å². The lowest BCUT2D eigenvalue weighted by molar-refractivity contribution is 0.0748. The maximum Gasteiger partial charge on any atom is 0.292 e. The number of nitrogens with zero attached hydrogens (tertiary/aromatic N) is 4. The standard InChI is InChI=1S/C16H22N4O2/c1-10(2)13-7-14(22-18-13)16(21)20-6-5-12(9-20)15-17-11(3)8-19(15)4/h7-8,10,12H,5-6,9H2,1-4H3/t12-/m0/s1. The van der Waals surface area contributed by atoms with Crippen LogP contribution in [0.15, 0.2) is 16.8 Å². The van der Waals surface area contributed by atoms with E-state index >= 15 is 0 Å². The first-order chi connectivity index (χ1) is 10.5. The van der Waals surface area contributed by atoms with Crippen molar-refractivity contribution in [2.24, 2.45) is 7.05 Å². The van der Waals surface area contributed by atoms with E-state index < -0.39 is 0 Å². The molecule has 0 radical (unpaired) electrons. The molecule has 2 aromatic rings. The summed E-state index contributed by atoms with van der Waals surface area (Å²) < 4.78 is 7.26. The zero-order chi connectivity index (χ0) is 15.9. The van der Waals surface area contributed by atoms with E-state index in [1.54, 1.807) is 6.07 Å². The summed E-state index contributed by atoms with van der Waals surface area (Å²) in [5, 5.41) is 3.96. The fourth-order valence-electron chi connectivity index (χ4n) is 2.99. The van der Waals surface area contributed by atoms with E-state index in [0.29, 0.717) is 12.3 Å².